The minimum absolute atomic E-state index is 0.0234. The Morgan fingerprint density at radius 3 is 2.45 bits per heavy atom. The third kappa shape index (κ3) is 7.25. The first-order valence-corrected chi connectivity index (χ1v) is 11.1. The van der Waals surface area contributed by atoms with E-state index in [-0.39, 0.29) is 5.57 Å². The topological polar surface area (TPSA) is 71.3 Å². The second-order valence-corrected chi connectivity index (χ2v) is 8.14. The molecule has 0 spiro atoms. The van der Waals surface area contributed by atoms with E-state index in [2.05, 4.69) is 27.8 Å². The third-order valence-corrected chi connectivity index (χ3v) is 5.29. The molecule has 1 N–H and O–H groups in total. The van der Waals surface area contributed by atoms with E-state index >= 15 is 0 Å². The maximum absolute atomic E-state index is 12.6. The lowest BCUT2D eigenvalue weighted by Crippen LogP contribution is -2.13. The highest BCUT2D eigenvalue weighted by molar-refractivity contribution is 9.10. The van der Waals surface area contributed by atoms with Crippen LogP contribution >= 0.6 is 27.5 Å². The highest BCUT2D eigenvalue weighted by Gasteiger charge is 2.11. The molecule has 0 atom stereocenters. The quantitative estimate of drug-likeness (QED) is 0.190. The lowest BCUT2D eigenvalue weighted by Gasteiger charge is -2.09. The summed E-state index contributed by atoms with van der Waals surface area (Å²) >= 11 is 9.31. The van der Waals surface area contributed by atoms with Crippen LogP contribution in [0.2, 0.25) is 5.02 Å². The van der Waals surface area contributed by atoms with Crippen molar-refractivity contribution in [1.82, 2.24) is 0 Å². The Bertz CT molecular complexity index is 1200. The average molecular weight is 524 g/mol. The molecule has 0 bridgehead atoms. The number of nitrogens with one attached hydrogen (secondary N) is 1. The van der Waals surface area contributed by atoms with Gasteiger partial charge in [0.25, 0.3) is 5.91 Å². The molecule has 33 heavy (non-hydrogen) atoms. The molecule has 0 unspecified atom stereocenters. The standard InChI is InChI=1S/C26H20BrClN2O3/c1-2-13-32-25-12-5-19(15-24(25)27)14-20(16-29)26(31)30-22-8-10-23(11-9-22)33-17-18-3-6-21(28)7-4-18/h2-12,14-15H,1,13,17H2,(H,30,31)/b20-14+. The predicted octanol–water partition coefficient (Wildman–Crippen LogP) is 6.79. The first kappa shape index (κ1) is 24.1. The zero-order chi connectivity index (χ0) is 23.6. The number of carbonyl (C=O) groups is 1. The molecule has 3 aromatic rings. The predicted molar refractivity (Wildman–Crippen MR) is 134 cm³/mol. The Morgan fingerprint density at radius 1 is 1.09 bits per heavy atom. The van der Waals surface area contributed by atoms with E-state index in [1.54, 1.807) is 48.5 Å². The Balaban J connectivity index is 1.61. The summed E-state index contributed by atoms with van der Waals surface area (Å²) in [5.74, 6) is 0.798. The molecule has 1 amide bonds. The minimum Gasteiger partial charge on any atom is -0.489 e. The highest BCUT2D eigenvalue weighted by atomic mass is 79.9. The number of nitriles is 1. The molecule has 5 nitrogen and oxygen atoms in total. The Hall–Kier alpha value is -3.53. The molecule has 0 saturated heterocycles. The molecule has 0 radical (unpaired) electrons. The Kier molecular flexibility index (Phi) is 8.71. The zero-order valence-electron chi connectivity index (χ0n) is 17.6. The first-order valence-electron chi connectivity index (χ1n) is 9.92. The highest BCUT2D eigenvalue weighted by Crippen LogP contribution is 2.27. The van der Waals surface area contributed by atoms with E-state index in [0.29, 0.717) is 45.5 Å². The van der Waals surface area contributed by atoms with Crippen molar-refractivity contribution >= 4 is 45.2 Å². The molecule has 3 rings (SSSR count). The van der Waals surface area contributed by atoms with E-state index in [4.69, 9.17) is 21.1 Å². The van der Waals surface area contributed by atoms with Crippen molar-refractivity contribution < 1.29 is 14.3 Å². The van der Waals surface area contributed by atoms with Gasteiger partial charge in [-0.2, -0.15) is 5.26 Å². The fourth-order valence-corrected chi connectivity index (χ4v) is 3.41. The van der Waals surface area contributed by atoms with Crippen molar-refractivity contribution in [1.29, 1.82) is 5.26 Å². The van der Waals surface area contributed by atoms with Crippen LogP contribution in [0.1, 0.15) is 11.1 Å². The van der Waals surface area contributed by atoms with Gasteiger partial charge in [0.05, 0.1) is 4.47 Å². The van der Waals surface area contributed by atoms with E-state index in [9.17, 15) is 10.1 Å². The maximum Gasteiger partial charge on any atom is 0.266 e. The van der Waals surface area contributed by atoms with Crippen molar-refractivity contribution in [2.24, 2.45) is 0 Å². The van der Waals surface area contributed by atoms with Crippen LogP contribution in [0.5, 0.6) is 11.5 Å². The lowest BCUT2D eigenvalue weighted by atomic mass is 10.1. The molecule has 166 valence electrons. The molecule has 0 fully saturated rings. The fraction of sp³-hybridized carbons (Fsp3) is 0.0769. The molecule has 0 saturated carbocycles. The SMILES string of the molecule is C=CCOc1ccc(/C=C(\C#N)C(=O)Nc2ccc(OCc3ccc(Cl)cc3)cc2)cc1Br. The van der Waals surface area contributed by atoms with Crippen LogP contribution in [0.15, 0.2) is 89.4 Å². The van der Waals surface area contributed by atoms with Gasteiger partial charge in [-0.05, 0) is 81.7 Å². The molecule has 0 aliphatic carbocycles. The van der Waals surface area contributed by atoms with Crippen molar-refractivity contribution in [3.63, 3.8) is 0 Å². The van der Waals surface area contributed by atoms with Crippen LogP contribution < -0.4 is 14.8 Å². The molecular formula is C26H20BrClN2O3. The van der Waals surface area contributed by atoms with Crippen molar-refractivity contribution in [2.75, 3.05) is 11.9 Å². The number of carbonyl (C=O) groups excluding carboxylic acids is 1. The average Bonchev–Trinajstić information content (AvgIpc) is 2.82. The van der Waals surface area contributed by atoms with E-state index < -0.39 is 5.91 Å². The van der Waals surface area contributed by atoms with Gasteiger partial charge in [-0.25, -0.2) is 0 Å². The summed E-state index contributed by atoms with van der Waals surface area (Å²) in [5.41, 5.74) is 2.21. The van der Waals surface area contributed by atoms with Crippen LogP contribution in [0, 0.1) is 11.3 Å². The van der Waals surface area contributed by atoms with Gasteiger partial charge in [-0.3, -0.25) is 4.79 Å². The normalized spacial score (nSPS) is 10.8. The molecule has 0 aliphatic rings. The molecule has 3 aromatic carbocycles. The van der Waals surface area contributed by atoms with E-state index in [1.165, 1.54) is 6.08 Å². The van der Waals surface area contributed by atoms with Gasteiger partial charge in [0, 0.05) is 10.7 Å². The van der Waals surface area contributed by atoms with Crippen LogP contribution in [-0.4, -0.2) is 12.5 Å². The molecule has 0 heterocycles. The van der Waals surface area contributed by atoms with Crippen LogP contribution in [0.25, 0.3) is 6.08 Å². The fourth-order valence-electron chi connectivity index (χ4n) is 2.77. The van der Waals surface area contributed by atoms with Gasteiger partial charge in [-0.15, -0.1) is 0 Å². The van der Waals surface area contributed by atoms with Gasteiger partial charge < -0.3 is 14.8 Å². The van der Waals surface area contributed by atoms with Gasteiger partial charge in [0.2, 0.25) is 0 Å². The molecule has 7 heteroatoms. The number of anilines is 1. The summed E-state index contributed by atoms with van der Waals surface area (Å²) in [6.07, 6.45) is 3.16. The van der Waals surface area contributed by atoms with Crippen LogP contribution in [-0.2, 0) is 11.4 Å². The number of benzene rings is 3. The molecule has 0 aliphatic heterocycles. The minimum atomic E-state index is -0.504. The second-order valence-electron chi connectivity index (χ2n) is 6.85. The number of nitrogens with zero attached hydrogens (tertiary/aromatic N) is 1. The second kappa shape index (κ2) is 11.9. The molecule has 0 aromatic heterocycles. The van der Waals surface area contributed by atoms with Crippen molar-refractivity contribution in [3.8, 4) is 17.6 Å². The number of hydrogen-bond acceptors (Lipinski definition) is 4. The number of halogens is 2. The van der Waals surface area contributed by atoms with Gasteiger partial charge in [0.15, 0.2) is 0 Å². The van der Waals surface area contributed by atoms with Crippen molar-refractivity contribution in [2.45, 2.75) is 6.61 Å². The first-order chi connectivity index (χ1) is 16.0. The number of hydrogen-bond donors (Lipinski definition) is 1. The summed E-state index contributed by atoms with van der Waals surface area (Å²) in [6.45, 7) is 4.39. The zero-order valence-corrected chi connectivity index (χ0v) is 19.9. The van der Waals surface area contributed by atoms with Gasteiger partial charge in [0.1, 0.15) is 36.4 Å². The maximum atomic E-state index is 12.6. The Morgan fingerprint density at radius 2 is 1.82 bits per heavy atom. The summed E-state index contributed by atoms with van der Waals surface area (Å²) < 4.78 is 12.0. The van der Waals surface area contributed by atoms with E-state index in [1.807, 2.05) is 30.3 Å². The van der Waals surface area contributed by atoms with Gasteiger partial charge in [-0.1, -0.05) is 42.5 Å². The molecular weight excluding hydrogens is 504 g/mol. The third-order valence-electron chi connectivity index (χ3n) is 4.42. The van der Waals surface area contributed by atoms with Crippen LogP contribution in [0.4, 0.5) is 5.69 Å². The number of amides is 1. The van der Waals surface area contributed by atoms with E-state index in [0.717, 1.165) is 5.56 Å². The summed E-state index contributed by atoms with van der Waals surface area (Å²) in [5, 5.41) is 12.9. The number of rotatable bonds is 9. The Labute approximate surface area is 206 Å². The summed E-state index contributed by atoms with van der Waals surface area (Å²) in [6, 6.07) is 21.6. The monoisotopic (exact) mass is 522 g/mol. The lowest BCUT2D eigenvalue weighted by molar-refractivity contribution is -0.112. The van der Waals surface area contributed by atoms with Crippen molar-refractivity contribution in [3.05, 3.63) is 106 Å². The largest absolute Gasteiger partial charge is 0.489 e. The summed E-state index contributed by atoms with van der Waals surface area (Å²) in [7, 11) is 0. The van der Waals surface area contributed by atoms with Gasteiger partial charge >= 0.3 is 0 Å². The number of ether oxygens (including phenoxy) is 2. The van der Waals surface area contributed by atoms with Crippen LogP contribution in [0.3, 0.4) is 0 Å². The smallest absolute Gasteiger partial charge is 0.266 e. The summed E-state index contributed by atoms with van der Waals surface area (Å²) in [4.78, 5) is 12.6.